The smallest absolute Gasteiger partial charge is 0.306 e. The quantitative estimate of drug-likeness (QED) is 0.521. The van der Waals surface area contributed by atoms with Gasteiger partial charge in [0.05, 0.1) is 13.2 Å². The van der Waals surface area contributed by atoms with Crippen molar-refractivity contribution in [3.63, 3.8) is 0 Å². The van der Waals surface area contributed by atoms with Crippen LogP contribution in [0.2, 0.25) is 0 Å². The van der Waals surface area contributed by atoms with Crippen LogP contribution >= 0.6 is 0 Å². The summed E-state index contributed by atoms with van der Waals surface area (Å²) >= 11 is 0. The van der Waals surface area contributed by atoms with Crippen LogP contribution in [-0.4, -0.2) is 32.4 Å². The Morgan fingerprint density at radius 2 is 1.70 bits per heavy atom. The first-order valence-corrected chi connectivity index (χ1v) is 8.00. The Labute approximate surface area is 137 Å². The molecule has 0 saturated carbocycles. The lowest BCUT2D eigenvalue weighted by molar-refractivity contribution is -0.146. The van der Waals surface area contributed by atoms with Crippen molar-refractivity contribution in [1.82, 2.24) is 0 Å². The summed E-state index contributed by atoms with van der Waals surface area (Å²) in [7, 11) is 0. The fraction of sp³-hybridized carbons (Fsp3) is 0.421. The molecular weight excluding hydrogens is 292 g/mol. The second kappa shape index (κ2) is 9.16. The van der Waals surface area contributed by atoms with Gasteiger partial charge in [-0.2, -0.15) is 0 Å². The molecule has 0 aliphatic rings. The molecule has 0 saturated heterocycles. The van der Waals surface area contributed by atoms with Crippen molar-refractivity contribution in [1.29, 1.82) is 0 Å². The average molecular weight is 316 g/mol. The minimum atomic E-state index is -0.170. The van der Waals surface area contributed by atoms with Gasteiger partial charge in [0.15, 0.2) is 0 Å². The number of ether oxygens (including phenoxy) is 3. The Kier molecular flexibility index (Phi) is 6.88. The Balaban J connectivity index is 1.59. The zero-order valence-corrected chi connectivity index (χ0v) is 13.8. The monoisotopic (exact) mass is 316 g/mol. The highest BCUT2D eigenvalue weighted by molar-refractivity contribution is 5.83. The van der Waals surface area contributed by atoms with Gasteiger partial charge in [0.2, 0.25) is 0 Å². The van der Waals surface area contributed by atoms with E-state index in [1.807, 2.05) is 44.2 Å². The van der Waals surface area contributed by atoms with Gasteiger partial charge in [-0.25, -0.2) is 0 Å². The summed E-state index contributed by atoms with van der Waals surface area (Å²) < 4.78 is 16.1. The van der Waals surface area contributed by atoms with Gasteiger partial charge in [0.1, 0.15) is 19.0 Å². The molecular formula is C19H24O4. The highest BCUT2D eigenvalue weighted by atomic mass is 16.6. The molecule has 0 atom stereocenters. The summed E-state index contributed by atoms with van der Waals surface area (Å²) in [5, 5.41) is 2.35. The van der Waals surface area contributed by atoms with Gasteiger partial charge in [0, 0.05) is 6.42 Å². The lowest BCUT2D eigenvalue weighted by Gasteiger charge is -2.09. The van der Waals surface area contributed by atoms with E-state index < -0.39 is 0 Å². The van der Waals surface area contributed by atoms with Gasteiger partial charge in [-0.05, 0) is 28.8 Å². The molecule has 4 heteroatoms. The molecule has 0 radical (unpaired) electrons. The minimum absolute atomic E-state index is 0.170. The van der Waals surface area contributed by atoms with E-state index in [4.69, 9.17) is 14.2 Å². The van der Waals surface area contributed by atoms with Crippen molar-refractivity contribution < 1.29 is 19.0 Å². The van der Waals surface area contributed by atoms with E-state index >= 15 is 0 Å². The van der Waals surface area contributed by atoms with Crippen LogP contribution in [0.25, 0.3) is 10.8 Å². The van der Waals surface area contributed by atoms with Crippen LogP contribution in [0.5, 0.6) is 5.75 Å². The highest BCUT2D eigenvalue weighted by Gasteiger charge is 2.05. The molecule has 0 bridgehead atoms. The maximum atomic E-state index is 11.3. The van der Waals surface area contributed by atoms with E-state index in [2.05, 4.69) is 12.1 Å². The van der Waals surface area contributed by atoms with Gasteiger partial charge in [-0.3, -0.25) is 4.79 Å². The zero-order valence-electron chi connectivity index (χ0n) is 13.8. The maximum absolute atomic E-state index is 11.3. The Morgan fingerprint density at radius 1 is 0.957 bits per heavy atom. The molecule has 0 aliphatic carbocycles. The third kappa shape index (κ3) is 6.28. The fourth-order valence-corrected chi connectivity index (χ4v) is 2.18. The predicted molar refractivity (Wildman–Crippen MR) is 90.7 cm³/mol. The van der Waals surface area contributed by atoms with Gasteiger partial charge < -0.3 is 14.2 Å². The Hall–Kier alpha value is -2.07. The summed E-state index contributed by atoms with van der Waals surface area (Å²) in [6.45, 7) is 5.60. The lowest BCUT2D eigenvalue weighted by atomic mass is 10.1. The van der Waals surface area contributed by atoms with Crippen LogP contribution in [0.3, 0.4) is 0 Å². The molecule has 4 nitrogen and oxygen atoms in total. The molecule has 23 heavy (non-hydrogen) atoms. The molecule has 0 amide bonds. The summed E-state index contributed by atoms with van der Waals surface area (Å²) in [5.74, 6) is 0.977. The van der Waals surface area contributed by atoms with Crippen molar-refractivity contribution in [2.45, 2.75) is 20.3 Å². The standard InChI is InChI=1S/C19H24O4/c1-15(2)13-19(20)23-12-10-21-9-11-22-18-8-7-16-5-3-4-6-17(16)14-18/h3-8,14-15H,9-13H2,1-2H3. The number of benzene rings is 2. The molecule has 2 rings (SSSR count). The number of hydrogen-bond donors (Lipinski definition) is 0. The van der Waals surface area contributed by atoms with E-state index in [1.165, 1.54) is 5.39 Å². The van der Waals surface area contributed by atoms with Gasteiger partial charge in [-0.15, -0.1) is 0 Å². The number of esters is 1. The molecule has 0 unspecified atom stereocenters. The molecule has 0 N–H and O–H groups in total. The molecule has 124 valence electrons. The molecule has 0 fully saturated rings. The van der Waals surface area contributed by atoms with E-state index in [9.17, 15) is 4.79 Å². The molecule has 0 aromatic heterocycles. The molecule has 0 heterocycles. The van der Waals surface area contributed by atoms with Crippen molar-refractivity contribution in [2.24, 2.45) is 5.92 Å². The Morgan fingerprint density at radius 3 is 2.48 bits per heavy atom. The SMILES string of the molecule is CC(C)CC(=O)OCCOCCOc1ccc2ccccc2c1. The van der Waals surface area contributed by atoms with Crippen molar-refractivity contribution in [3.8, 4) is 5.75 Å². The summed E-state index contributed by atoms with van der Waals surface area (Å²) in [4.78, 5) is 11.3. The topological polar surface area (TPSA) is 44.8 Å². The third-order valence-electron chi connectivity index (χ3n) is 3.28. The number of fused-ring (bicyclic) bond motifs is 1. The number of carbonyl (C=O) groups excluding carboxylic acids is 1. The molecule has 0 aliphatic heterocycles. The number of hydrogen-bond acceptors (Lipinski definition) is 4. The number of rotatable bonds is 9. The van der Waals surface area contributed by atoms with Crippen molar-refractivity contribution >= 4 is 16.7 Å². The first kappa shape index (κ1) is 17.3. The first-order valence-electron chi connectivity index (χ1n) is 8.00. The predicted octanol–water partition coefficient (Wildman–Crippen LogP) is 3.82. The van der Waals surface area contributed by atoms with Crippen LogP contribution in [0.1, 0.15) is 20.3 Å². The van der Waals surface area contributed by atoms with Gasteiger partial charge >= 0.3 is 5.97 Å². The summed E-state index contributed by atoms with van der Waals surface area (Å²) in [6.07, 6.45) is 0.449. The zero-order chi connectivity index (χ0) is 16.5. The van der Waals surface area contributed by atoms with Crippen LogP contribution in [-0.2, 0) is 14.3 Å². The number of carbonyl (C=O) groups is 1. The van der Waals surface area contributed by atoms with E-state index in [0.29, 0.717) is 38.8 Å². The van der Waals surface area contributed by atoms with Crippen LogP contribution in [0, 0.1) is 5.92 Å². The molecule has 0 spiro atoms. The normalized spacial score (nSPS) is 10.9. The van der Waals surface area contributed by atoms with Crippen LogP contribution in [0.4, 0.5) is 0 Å². The molecule has 2 aromatic carbocycles. The van der Waals surface area contributed by atoms with Crippen molar-refractivity contribution in [3.05, 3.63) is 42.5 Å². The van der Waals surface area contributed by atoms with E-state index in [-0.39, 0.29) is 5.97 Å². The van der Waals surface area contributed by atoms with Gasteiger partial charge in [-0.1, -0.05) is 44.2 Å². The summed E-state index contributed by atoms with van der Waals surface area (Å²) in [6, 6.07) is 14.2. The maximum Gasteiger partial charge on any atom is 0.306 e. The third-order valence-corrected chi connectivity index (χ3v) is 3.28. The average Bonchev–Trinajstić information content (AvgIpc) is 2.53. The fourth-order valence-electron chi connectivity index (χ4n) is 2.18. The van der Waals surface area contributed by atoms with Crippen molar-refractivity contribution in [2.75, 3.05) is 26.4 Å². The van der Waals surface area contributed by atoms with Gasteiger partial charge in [0.25, 0.3) is 0 Å². The van der Waals surface area contributed by atoms with E-state index in [1.54, 1.807) is 0 Å². The highest BCUT2D eigenvalue weighted by Crippen LogP contribution is 2.20. The largest absolute Gasteiger partial charge is 0.491 e. The Bertz CT molecular complexity index is 622. The van der Waals surface area contributed by atoms with Crippen LogP contribution < -0.4 is 4.74 Å². The second-order valence-corrected chi connectivity index (χ2v) is 5.79. The lowest BCUT2D eigenvalue weighted by Crippen LogP contribution is -2.14. The van der Waals surface area contributed by atoms with Crippen LogP contribution in [0.15, 0.2) is 42.5 Å². The van der Waals surface area contributed by atoms with E-state index in [0.717, 1.165) is 11.1 Å². The minimum Gasteiger partial charge on any atom is -0.491 e. The first-order chi connectivity index (χ1) is 11.1. The summed E-state index contributed by atoms with van der Waals surface area (Å²) in [5.41, 5.74) is 0. The molecule has 2 aromatic rings. The second-order valence-electron chi connectivity index (χ2n) is 5.79.